The van der Waals surface area contributed by atoms with E-state index in [2.05, 4.69) is 4.98 Å². The molecule has 0 fully saturated rings. The zero-order valence-electron chi connectivity index (χ0n) is 12.2. The van der Waals surface area contributed by atoms with E-state index in [1.165, 1.54) is 12.1 Å². The van der Waals surface area contributed by atoms with Crippen molar-refractivity contribution in [2.24, 2.45) is 5.14 Å². The first-order chi connectivity index (χ1) is 10.9. The van der Waals surface area contributed by atoms with Crippen LogP contribution in [0.3, 0.4) is 0 Å². The smallest absolute Gasteiger partial charge is 0.238 e. The third-order valence-electron chi connectivity index (χ3n) is 3.48. The summed E-state index contributed by atoms with van der Waals surface area (Å²) in [6, 6.07) is 11.6. The second-order valence-corrected chi connectivity index (χ2v) is 6.93. The zero-order chi connectivity index (χ0) is 16.6. The molecule has 2 N–H and O–H groups in total. The monoisotopic (exact) mass is 348 g/mol. The first-order valence-corrected chi connectivity index (χ1v) is 8.58. The molecule has 0 unspecified atom stereocenters. The summed E-state index contributed by atoms with van der Waals surface area (Å²) in [4.78, 5) is 4.46. The lowest BCUT2D eigenvalue weighted by atomic mass is 10.0. The minimum Gasteiger partial charge on any atom is -0.496 e. The Labute approximate surface area is 138 Å². The van der Waals surface area contributed by atoms with Crippen LogP contribution in [0.4, 0.5) is 0 Å². The van der Waals surface area contributed by atoms with Gasteiger partial charge in [0.25, 0.3) is 0 Å². The summed E-state index contributed by atoms with van der Waals surface area (Å²) in [6.45, 7) is 0. The average molecular weight is 349 g/mol. The van der Waals surface area contributed by atoms with Crippen LogP contribution in [0.2, 0.25) is 5.02 Å². The van der Waals surface area contributed by atoms with Crippen LogP contribution in [0.5, 0.6) is 5.75 Å². The highest BCUT2D eigenvalue weighted by Crippen LogP contribution is 2.35. The topological polar surface area (TPSA) is 82.3 Å². The summed E-state index contributed by atoms with van der Waals surface area (Å²) in [7, 11) is -2.19. The Morgan fingerprint density at radius 1 is 1.13 bits per heavy atom. The van der Waals surface area contributed by atoms with Crippen molar-refractivity contribution in [1.29, 1.82) is 0 Å². The van der Waals surface area contributed by atoms with Gasteiger partial charge < -0.3 is 4.74 Å². The van der Waals surface area contributed by atoms with Gasteiger partial charge >= 0.3 is 0 Å². The van der Waals surface area contributed by atoms with E-state index in [4.69, 9.17) is 21.5 Å². The summed E-state index contributed by atoms with van der Waals surface area (Å²) in [5.74, 6) is 0.630. The molecule has 0 bridgehead atoms. The van der Waals surface area contributed by atoms with Crippen molar-refractivity contribution >= 4 is 32.4 Å². The van der Waals surface area contributed by atoms with Crippen LogP contribution in [0.15, 0.2) is 53.6 Å². The lowest BCUT2D eigenvalue weighted by molar-refractivity contribution is 0.416. The second kappa shape index (κ2) is 5.81. The summed E-state index contributed by atoms with van der Waals surface area (Å²) in [5.41, 5.74) is 1.39. The number of rotatable bonds is 3. The number of aromatic nitrogens is 1. The van der Waals surface area contributed by atoms with Crippen molar-refractivity contribution in [2.45, 2.75) is 4.90 Å². The molecule has 0 amide bonds. The summed E-state index contributed by atoms with van der Waals surface area (Å²) >= 11 is 6.08. The van der Waals surface area contributed by atoms with Crippen LogP contribution in [0, 0.1) is 0 Å². The van der Waals surface area contributed by atoms with E-state index in [-0.39, 0.29) is 4.90 Å². The largest absolute Gasteiger partial charge is 0.496 e. The molecule has 23 heavy (non-hydrogen) atoms. The van der Waals surface area contributed by atoms with E-state index in [0.717, 1.165) is 10.9 Å². The molecule has 0 aliphatic rings. The standard InChI is InChI=1S/C16H13ClN2O3S/c1-22-15-5-2-11(17)9-14(15)16-13-4-3-12(23(18,20)21)8-10(13)6-7-19-16/h2-9H,1H3,(H2,18,20,21). The quantitative estimate of drug-likeness (QED) is 0.787. The minimum atomic E-state index is -3.76. The van der Waals surface area contributed by atoms with E-state index in [1.54, 1.807) is 43.6 Å². The minimum absolute atomic E-state index is 0.0557. The van der Waals surface area contributed by atoms with Gasteiger partial charge in [0.05, 0.1) is 17.7 Å². The van der Waals surface area contributed by atoms with Crippen molar-refractivity contribution in [3.63, 3.8) is 0 Å². The maximum Gasteiger partial charge on any atom is 0.238 e. The lowest BCUT2D eigenvalue weighted by Crippen LogP contribution is -2.11. The Kier molecular flexibility index (Phi) is 3.97. The van der Waals surface area contributed by atoms with Crippen molar-refractivity contribution in [2.75, 3.05) is 7.11 Å². The third kappa shape index (κ3) is 3.01. The third-order valence-corrected chi connectivity index (χ3v) is 4.63. The highest BCUT2D eigenvalue weighted by molar-refractivity contribution is 7.89. The predicted octanol–water partition coefficient (Wildman–Crippen LogP) is 3.21. The highest BCUT2D eigenvalue weighted by atomic mass is 35.5. The number of nitrogens with two attached hydrogens (primary N) is 1. The average Bonchev–Trinajstić information content (AvgIpc) is 2.53. The van der Waals surface area contributed by atoms with Crippen LogP contribution >= 0.6 is 11.6 Å². The first-order valence-electron chi connectivity index (χ1n) is 6.65. The molecule has 0 spiro atoms. The van der Waals surface area contributed by atoms with Crippen molar-refractivity contribution in [1.82, 2.24) is 4.98 Å². The normalized spacial score (nSPS) is 11.6. The van der Waals surface area contributed by atoms with Gasteiger partial charge in [0.2, 0.25) is 10.0 Å². The summed E-state index contributed by atoms with van der Waals surface area (Å²) < 4.78 is 28.4. The van der Waals surface area contributed by atoms with Crippen molar-refractivity contribution < 1.29 is 13.2 Å². The molecule has 0 saturated heterocycles. The van der Waals surface area contributed by atoms with Gasteiger partial charge in [-0.1, -0.05) is 17.7 Å². The van der Waals surface area contributed by atoms with E-state index in [9.17, 15) is 8.42 Å². The van der Waals surface area contributed by atoms with Crippen LogP contribution < -0.4 is 9.88 Å². The zero-order valence-corrected chi connectivity index (χ0v) is 13.7. The van der Waals surface area contributed by atoms with Crippen molar-refractivity contribution in [3.8, 4) is 17.0 Å². The van der Waals surface area contributed by atoms with Crippen LogP contribution in [-0.2, 0) is 10.0 Å². The number of nitrogens with zero attached hydrogens (tertiary/aromatic N) is 1. The Hall–Kier alpha value is -2.15. The molecule has 3 rings (SSSR count). The SMILES string of the molecule is COc1ccc(Cl)cc1-c1nccc2cc(S(N)(=O)=O)ccc12. The Bertz CT molecular complexity index is 1000. The number of hydrogen-bond acceptors (Lipinski definition) is 4. The van der Waals surface area contributed by atoms with Crippen molar-refractivity contribution in [3.05, 3.63) is 53.7 Å². The van der Waals surface area contributed by atoms with Gasteiger partial charge in [-0.05, 0) is 41.8 Å². The fourth-order valence-electron chi connectivity index (χ4n) is 2.41. The van der Waals surface area contributed by atoms with Gasteiger partial charge in [0.1, 0.15) is 5.75 Å². The second-order valence-electron chi connectivity index (χ2n) is 4.93. The molecule has 0 aliphatic heterocycles. The maximum absolute atomic E-state index is 11.5. The fraction of sp³-hybridized carbons (Fsp3) is 0.0625. The Balaban J connectivity index is 2.30. The van der Waals surface area contributed by atoms with Gasteiger partial charge in [0.15, 0.2) is 0 Å². The molecule has 2 aromatic carbocycles. The van der Waals surface area contributed by atoms with Gasteiger partial charge in [-0.3, -0.25) is 4.98 Å². The number of primary sulfonamides is 1. The van der Waals surface area contributed by atoms with Gasteiger partial charge in [0, 0.05) is 22.2 Å². The molecular formula is C16H13ClN2O3S. The number of halogens is 1. The Morgan fingerprint density at radius 2 is 1.91 bits per heavy atom. The van der Waals surface area contributed by atoms with E-state index >= 15 is 0 Å². The number of ether oxygens (including phenoxy) is 1. The first kappa shape index (κ1) is 15.7. The summed E-state index contributed by atoms with van der Waals surface area (Å²) in [6.07, 6.45) is 1.60. The number of fused-ring (bicyclic) bond motifs is 1. The van der Waals surface area contributed by atoms with Crippen LogP contribution in [-0.4, -0.2) is 20.5 Å². The molecular weight excluding hydrogens is 336 g/mol. The maximum atomic E-state index is 11.5. The van der Waals surface area contributed by atoms with Gasteiger partial charge in [-0.25, -0.2) is 13.6 Å². The number of pyridine rings is 1. The van der Waals surface area contributed by atoms with Crippen LogP contribution in [0.25, 0.3) is 22.0 Å². The van der Waals surface area contributed by atoms with Gasteiger partial charge in [-0.15, -0.1) is 0 Å². The summed E-state index contributed by atoms with van der Waals surface area (Å²) in [5, 5.41) is 7.23. The van der Waals surface area contributed by atoms with E-state index in [1.807, 2.05) is 0 Å². The highest BCUT2D eigenvalue weighted by Gasteiger charge is 2.14. The molecule has 0 radical (unpaired) electrons. The van der Waals surface area contributed by atoms with Gasteiger partial charge in [-0.2, -0.15) is 0 Å². The molecule has 0 aliphatic carbocycles. The Morgan fingerprint density at radius 3 is 2.61 bits per heavy atom. The molecule has 5 nitrogen and oxygen atoms in total. The molecule has 1 aromatic heterocycles. The molecule has 1 heterocycles. The van der Waals surface area contributed by atoms with E-state index in [0.29, 0.717) is 21.9 Å². The van der Waals surface area contributed by atoms with Crippen LogP contribution in [0.1, 0.15) is 0 Å². The number of benzene rings is 2. The number of sulfonamides is 1. The molecule has 0 atom stereocenters. The molecule has 118 valence electrons. The molecule has 0 saturated carbocycles. The van der Waals surface area contributed by atoms with E-state index < -0.39 is 10.0 Å². The number of methoxy groups -OCH3 is 1. The lowest BCUT2D eigenvalue weighted by Gasteiger charge is -2.11. The fourth-order valence-corrected chi connectivity index (χ4v) is 3.13. The molecule has 3 aromatic rings. The molecule has 7 heteroatoms. The predicted molar refractivity (Wildman–Crippen MR) is 90.1 cm³/mol. The number of hydrogen-bond donors (Lipinski definition) is 1.